The molecule has 5 heteroatoms. The monoisotopic (exact) mass is 392 g/mol. The molecule has 1 N–H and O–H groups in total. The fourth-order valence-electron chi connectivity index (χ4n) is 3.71. The summed E-state index contributed by atoms with van der Waals surface area (Å²) in [5.41, 5.74) is 3.05. The molecule has 2 heterocycles. The van der Waals surface area contributed by atoms with Crippen LogP contribution >= 0.6 is 11.3 Å². The van der Waals surface area contributed by atoms with Gasteiger partial charge in [-0.1, -0.05) is 42.5 Å². The van der Waals surface area contributed by atoms with Gasteiger partial charge in [-0.15, -0.1) is 11.3 Å². The van der Waals surface area contributed by atoms with E-state index in [1.165, 1.54) is 10.4 Å². The van der Waals surface area contributed by atoms with Gasteiger partial charge in [0.25, 0.3) is 0 Å². The number of thiophene rings is 1. The summed E-state index contributed by atoms with van der Waals surface area (Å²) in [7, 11) is 0. The number of amides is 1. The van der Waals surface area contributed by atoms with Crippen molar-refractivity contribution < 1.29 is 9.53 Å². The van der Waals surface area contributed by atoms with Gasteiger partial charge in [0.1, 0.15) is 11.8 Å². The SMILES string of the molecule is CCOc1ccccc1NC(=O)[C@@H](c1ccccc1)N1CCc2sccc2C1. The van der Waals surface area contributed by atoms with Crippen LogP contribution in [0.2, 0.25) is 0 Å². The Hall–Kier alpha value is -2.63. The van der Waals surface area contributed by atoms with Gasteiger partial charge in [-0.2, -0.15) is 0 Å². The van der Waals surface area contributed by atoms with Gasteiger partial charge in [-0.05, 0) is 48.1 Å². The average Bonchev–Trinajstić information content (AvgIpc) is 3.19. The zero-order chi connectivity index (χ0) is 19.3. The summed E-state index contributed by atoms with van der Waals surface area (Å²) in [4.78, 5) is 17.1. The molecule has 4 rings (SSSR count). The van der Waals surface area contributed by atoms with Gasteiger partial charge >= 0.3 is 0 Å². The molecule has 0 saturated carbocycles. The van der Waals surface area contributed by atoms with Crippen LogP contribution in [0.5, 0.6) is 5.75 Å². The molecule has 0 unspecified atom stereocenters. The Kier molecular flexibility index (Phi) is 5.74. The number of para-hydroxylation sites is 2. The highest BCUT2D eigenvalue weighted by molar-refractivity contribution is 7.10. The number of rotatable bonds is 6. The first-order valence-corrected chi connectivity index (χ1v) is 10.5. The summed E-state index contributed by atoms with van der Waals surface area (Å²) in [6, 6.07) is 19.5. The third kappa shape index (κ3) is 3.96. The van der Waals surface area contributed by atoms with Crippen molar-refractivity contribution in [3.05, 3.63) is 82.0 Å². The van der Waals surface area contributed by atoms with Crippen molar-refractivity contribution in [2.45, 2.75) is 25.9 Å². The van der Waals surface area contributed by atoms with Crippen LogP contribution in [0.3, 0.4) is 0 Å². The fourth-order valence-corrected chi connectivity index (χ4v) is 4.60. The average molecular weight is 393 g/mol. The Bertz CT molecular complexity index is 939. The van der Waals surface area contributed by atoms with E-state index < -0.39 is 0 Å². The number of hydrogen-bond acceptors (Lipinski definition) is 4. The van der Waals surface area contributed by atoms with E-state index in [9.17, 15) is 4.79 Å². The number of benzene rings is 2. The molecule has 1 aliphatic rings. The van der Waals surface area contributed by atoms with E-state index in [0.29, 0.717) is 18.0 Å². The Balaban J connectivity index is 1.62. The second kappa shape index (κ2) is 8.59. The Morgan fingerprint density at radius 3 is 2.75 bits per heavy atom. The van der Waals surface area contributed by atoms with Gasteiger partial charge in [0.15, 0.2) is 0 Å². The maximum absolute atomic E-state index is 13.4. The third-order valence-corrected chi connectivity index (χ3v) is 6.03. The zero-order valence-electron chi connectivity index (χ0n) is 15.9. The van der Waals surface area contributed by atoms with Gasteiger partial charge in [0.05, 0.1) is 12.3 Å². The second-order valence-electron chi connectivity index (χ2n) is 6.82. The first-order chi connectivity index (χ1) is 13.8. The lowest BCUT2D eigenvalue weighted by Gasteiger charge is -2.34. The number of hydrogen-bond donors (Lipinski definition) is 1. The number of anilines is 1. The van der Waals surface area contributed by atoms with Crippen molar-refractivity contribution in [3.63, 3.8) is 0 Å². The topological polar surface area (TPSA) is 41.6 Å². The van der Waals surface area contributed by atoms with E-state index >= 15 is 0 Å². The molecule has 1 atom stereocenters. The maximum atomic E-state index is 13.4. The molecule has 0 saturated heterocycles. The van der Waals surface area contributed by atoms with Crippen molar-refractivity contribution in [3.8, 4) is 5.75 Å². The minimum absolute atomic E-state index is 0.0305. The van der Waals surface area contributed by atoms with Crippen LogP contribution in [-0.2, 0) is 17.8 Å². The van der Waals surface area contributed by atoms with Crippen LogP contribution < -0.4 is 10.1 Å². The largest absolute Gasteiger partial charge is 0.492 e. The molecule has 0 aliphatic carbocycles. The summed E-state index contributed by atoms with van der Waals surface area (Å²) in [5, 5.41) is 5.25. The highest BCUT2D eigenvalue weighted by Crippen LogP contribution is 2.32. The number of nitrogens with zero attached hydrogens (tertiary/aromatic N) is 1. The van der Waals surface area contributed by atoms with Crippen molar-refractivity contribution in [2.75, 3.05) is 18.5 Å². The molecule has 0 spiro atoms. The minimum atomic E-state index is -0.344. The number of nitrogens with one attached hydrogen (secondary N) is 1. The van der Waals surface area contributed by atoms with Crippen molar-refractivity contribution in [1.29, 1.82) is 0 Å². The molecule has 28 heavy (non-hydrogen) atoms. The van der Waals surface area contributed by atoms with E-state index in [4.69, 9.17) is 4.74 Å². The third-order valence-electron chi connectivity index (χ3n) is 5.01. The molecule has 1 amide bonds. The molecule has 1 aliphatic heterocycles. The first-order valence-electron chi connectivity index (χ1n) is 9.63. The molecular formula is C23H24N2O2S. The standard InChI is InChI=1S/C23H24N2O2S/c1-2-27-20-11-7-6-10-19(20)24-23(26)22(17-8-4-3-5-9-17)25-14-12-21-18(16-25)13-15-28-21/h3-11,13,15,22H,2,12,14,16H2,1H3,(H,24,26)/t22-/m1/s1. The van der Waals surface area contributed by atoms with Gasteiger partial charge in [0, 0.05) is 18.0 Å². The van der Waals surface area contributed by atoms with Gasteiger partial charge < -0.3 is 10.1 Å². The van der Waals surface area contributed by atoms with Crippen LogP contribution in [0.25, 0.3) is 0 Å². The predicted molar refractivity (Wildman–Crippen MR) is 114 cm³/mol. The molecule has 0 radical (unpaired) electrons. The Morgan fingerprint density at radius 2 is 1.93 bits per heavy atom. The minimum Gasteiger partial charge on any atom is -0.492 e. The second-order valence-corrected chi connectivity index (χ2v) is 7.82. The van der Waals surface area contributed by atoms with Crippen LogP contribution in [0.15, 0.2) is 66.0 Å². The molecule has 3 aromatic rings. The summed E-state index contributed by atoms with van der Waals surface area (Å²) in [5.74, 6) is 0.668. The summed E-state index contributed by atoms with van der Waals surface area (Å²) >= 11 is 1.81. The number of ether oxygens (including phenoxy) is 1. The maximum Gasteiger partial charge on any atom is 0.246 e. The van der Waals surface area contributed by atoms with E-state index in [-0.39, 0.29) is 11.9 Å². The van der Waals surface area contributed by atoms with E-state index in [1.54, 1.807) is 0 Å². The van der Waals surface area contributed by atoms with E-state index in [1.807, 2.05) is 72.9 Å². The van der Waals surface area contributed by atoms with Crippen LogP contribution in [0.1, 0.15) is 29.0 Å². The van der Waals surface area contributed by atoms with Crippen LogP contribution in [0.4, 0.5) is 5.69 Å². The predicted octanol–water partition coefficient (Wildman–Crippen LogP) is 4.88. The lowest BCUT2D eigenvalue weighted by atomic mass is 10.0. The highest BCUT2D eigenvalue weighted by atomic mass is 32.1. The highest BCUT2D eigenvalue weighted by Gasteiger charge is 2.31. The first kappa shape index (κ1) is 18.7. The van der Waals surface area contributed by atoms with Crippen molar-refractivity contribution in [2.24, 2.45) is 0 Å². The zero-order valence-corrected chi connectivity index (χ0v) is 16.7. The van der Waals surface area contributed by atoms with Gasteiger partial charge in [-0.25, -0.2) is 0 Å². The molecule has 1 aromatic heterocycles. The van der Waals surface area contributed by atoms with E-state index in [0.717, 1.165) is 25.1 Å². The van der Waals surface area contributed by atoms with Crippen LogP contribution in [-0.4, -0.2) is 24.0 Å². The molecule has 4 nitrogen and oxygen atoms in total. The molecular weight excluding hydrogens is 368 g/mol. The fraction of sp³-hybridized carbons (Fsp3) is 0.261. The molecule has 0 fully saturated rings. The smallest absolute Gasteiger partial charge is 0.246 e. The molecule has 2 aromatic carbocycles. The summed E-state index contributed by atoms with van der Waals surface area (Å²) < 4.78 is 5.68. The van der Waals surface area contributed by atoms with Crippen molar-refractivity contribution in [1.82, 2.24) is 4.90 Å². The van der Waals surface area contributed by atoms with Gasteiger partial charge in [-0.3, -0.25) is 9.69 Å². The van der Waals surface area contributed by atoms with Gasteiger partial charge in [0.2, 0.25) is 5.91 Å². The number of fused-ring (bicyclic) bond motifs is 1. The molecule has 0 bridgehead atoms. The lowest BCUT2D eigenvalue weighted by Crippen LogP contribution is -2.40. The Morgan fingerprint density at radius 1 is 1.14 bits per heavy atom. The van der Waals surface area contributed by atoms with Crippen LogP contribution in [0, 0.1) is 0 Å². The van der Waals surface area contributed by atoms with Crippen molar-refractivity contribution >= 4 is 22.9 Å². The summed E-state index contributed by atoms with van der Waals surface area (Å²) in [6.45, 7) is 4.16. The summed E-state index contributed by atoms with van der Waals surface area (Å²) in [6.07, 6.45) is 0.985. The lowest BCUT2D eigenvalue weighted by molar-refractivity contribution is -0.122. The number of carbonyl (C=O) groups is 1. The number of carbonyl (C=O) groups excluding carboxylic acids is 1. The quantitative estimate of drug-likeness (QED) is 0.650. The Labute approximate surface area is 169 Å². The van der Waals surface area contributed by atoms with E-state index in [2.05, 4.69) is 21.7 Å². The normalized spacial score (nSPS) is 14.9. The molecule has 144 valence electrons.